The zero-order chi connectivity index (χ0) is 15.6. The number of benzene rings is 1. The van der Waals surface area contributed by atoms with Gasteiger partial charge in [0, 0.05) is 12.1 Å². The van der Waals surface area contributed by atoms with Gasteiger partial charge in [-0.25, -0.2) is 0 Å². The van der Waals surface area contributed by atoms with Crippen LogP contribution in [-0.2, 0) is 14.3 Å². The molecule has 3 N–H and O–H groups in total. The lowest BCUT2D eigenvalue weighted by molar-refractivity contribution is 0.197. The minimum Gasteiger partial charge on any atom is -0.504 e. The number of rotatable bonds is 5. The van der Waals surface area contributed by atoms with E-state index in [1.165, 1.54) is 18.2 Å². The minimum absolute atomic E-state index is 0.210. The third-order valence-electron chi connectivity index (χ3n) is 2.48. The highest BCUT2D eigenvalue weighted by Gasteiger charge is 2.21. The van der Waals surface area contributed by atoms with Crippen molar-refractivity contribution in [3.63, 3.8) is 0 Å². The quantitative estimate of drug-likeness (QED) is 0.563. The fourth-order valence-corrected chi connectivity index (χ4v) is 2.16. The Morgan fingerprint density at radius 2 is 1.85 bits per heavy atom. The minimum atomic E-state index is -3.65. The highest BCUT2D eigenvalue weighted by molar-refractivity contribution is 7.86. The smallest absolute Gasteiger partial charge is 0.265 e. The Kier molecular flexibility index (Phi) is 5.01. The highest BCUT2D eigenvalue weighted by Crippen LogP contribution is 2.29. The molecule has 0 aromatic heterocycles. The van der Waals surface area contributed by atoms with Crippen LogP contribution in [0.4, 0.5) is 0 Å². The third-order valence-corrected chi connectivity index (χ3v) is 3.06. The van der Waals surface area contributed by atoms with Gasteiger partial charge in [-0.2, -0.15) is 8.42 Å². The van der Waals surface area contributed by atoms with E-state index < -0.39 is 16.2 Å². The van der Waals surface area contributed by atoms with Gasteiger partial charge in [0.05, 0.1) is 6.26 Å². The van der Waals surface area contributed by atoms with Crippen molar-refractivity contribution in [2.75, 3.05) is 12.8 Å². The summed E-state index contributed by atoms with van der Waals surface area (Å²) in [4.78, 5) is 0. The summed E-state index contributed by atoms with van der Waals surface area (Å²) < 4.78 is 27.7. The van der Waals surface area contributed by atoms with Crippen molar-refractivity contribution in [1.29, 1.82) is 0 Å². The van der Waals surface area contributed by atoms with Crippen LogP contribution < -0.4 is 5.32 Å². The van der Waals surface area contributed by atoms with E-state index in [0.717, 1.165) is 6.26 Å². The zero-order valence-electron chi connectivity index (χ0n) is 12.0. The van der Waals surface area contributed by atoms with Gasteiger partial charge in [-0.05, 0) is 38.5 Å². The number of phenolic OH excluding ortho intramolecular Hbond substituents is 2. The molecule has 0 aliphatic heterocycles. The fourth-order valence-electron chi connectivity index (χ4n) is 1.56. The predicted molar refractivity (Wildman–Crippen MR) is 76.2 cm³/mol. The molecule has 0 saturated carbocycles. The Labute approximate surface area is 119 Å². The molecule has 7 heteroatoms. The summed E-state index contributed by atoms with van der Waals surface area (Å²) in [7, 11) is -3.65. The molecule has 0 heterocycles. The van der Waals surface area contributed by atoms with Gasteiger partial charge in [-0.15, -0.1) is 0 Å². The van der Waals surface area contributed by atoms with Crippen LogP contribution in [0.1, 0.15) is 32.4 Å². The normalized spacial score (nSPS) is 14.2. The summed E-state index contributed by atoms with van der Waals surface area (Å²) >= 11 is 0. The number of aromatic hydroxyl groups is 2. The lowest BCUT2D eigenvalue weighted by atomic mass is 10.1. The number of phenols is 2. The van der Waals surface area contributed by atoms with E-state index in [4.69, 9.17) is 4.18 Å². The molecule has 1 rings (SSSR count). The highest BCUT2D eigenvalue weighted by atomic mass is 32.2. The maximum Gasteiger partial charge on any atom is 0.265 e. The second-order valence-electron chi connectivity index (χ2n) is 5.67. The van der Waals surface area contributed by atoms with Gasteiger partial charge in [0.15, 0.2) is 11.5 Å². The van der Waals surface area contributed by atoms with Gasteiger partial charge in [0.2, 0.25) is 0 Å². The molecule has 1 aromatic carbocycles. The molecular formula is C13H21NO5S. The van der Waals surface area contributed by atoms with Crippen LogP contribution in [0, 0.1) is 0 Å². The molecule has 0 fully saturated rings. The molecule has 0 bridgehead atoms. The van der Waals surface area contributed by atoms with Crippen LogP contribution in [0.2, 0.25) is 0 Å². The van der Waals surface area contributed by atoms with Gasteiger partial charge in [0.1, 0.15) is 6.10 Å². The van der Waals surface area contributed by atoms with Crippen LogP contribution in [0.25, 0.3) is 0 Å². The summed E-state index contributed by atoms with van der Waals surface area (Å²) in [5, 5.41) is 21.9. The van der Waals surface area contributed by atoms with Crippen molar-refractivity contribution in [2.45, 2.75) is 32.4 Å². The molecule has 0 radical (unpaired) electrons. The molecule has 1 aromatic rings. The molecular weight excluding hydrogens is 282 g/mol. The van der Waals surface area contributed by atoms with Crippen LogP contribution in [0.5, 0.6) is 11.5 Å². The average molecular weight is 303 g/mol. The second kappa shape index (κ2) is 5.99. The zero-order valence-corrected chi connectivity index (χ0v) is 12.9. The SMILES string of the molecule is CC(C)(C)NCC(OS(C)(=O)=O)c1ccc(O)c(O)c1. The summed E-state index contributed by atoms with van der Waals surface area (Å²) in [6, 6.07) is 4.09. The van der Waals surface area contributed by atoms with Crippen molar-refractivity contribution in [3.8, 4) is 11.5 Å². The molecule has 20 heavy (non-hydrogen) atoms. The van der Waals surface area contributed by atoms with Crippen LogP contribution in [-0.4, -0.2) is 37.0 Å². The first-order valence-electron chi connectivity index (χ1n) is 6.13. The topological polar surface area (TPSA) is 95.9 Å². The van der Waals surface area contributed by atoms with Gasteiger partial charge in [-0.1, -0.05) is 6.07 Å². The molecule has 0 spiro atoms. The van der Waals surface area contributed by atoms with E-state index >= 15 is 0 Å². The standard InChI is InChI=1S/C13H21NO5S/c1-13(2,3)14-8-12(19-20(4,17)18)9-5-6-10(15)11(16)7-9/h5-7,12,14-16H,8H2,1-4H3. The number of nitrogens with one attached hydrogen (secondary N) is 1. The Hall–Kier alpha value is -1.31. The fraction of sp³-hybridized carbons (Fsp3) is 0.538. The molecule has 0 aliphatic rings. The van der Waals surface area contributed by atoms with E-state index in [-0.39, 0.29) is 23.6 Å². The van der Waals surface area contributed by atoms with Crippen molar-refractivity contribution in [3.05, 3.63) is 23.8 Å². The van der Waals surface area contributed by atoms with Crippen molar-refractivity contribution < 1.29 is 22.8 Å². The Morgan fingerprint density at radius 1 is 1.25 bits per heavy atom. The van der Waals surface area contributed by atoms with E-state index in [9.17, 15) is 18.6 Å². The van der Waals surface area contributed by atoms with Gasteiger partial charge in [-0.3, -0.25) is 4.18 Å². The van der Waals surface area contributed by atoms with E-state index in [1.807, 2.05) is 20.8 Å². The lowest BCUT2D eigenvalue weighted by Gasteiger charge is -2.25. The van der Waals surface area contributed by atoms with Gasteiger partial charge >= 0.3 is 0 Å². The van der Waals surface area contributed by atoms with Crippen molar-refractivity contribution in [2.24, 2.45) is 0 Å². The molecule has 114 valence electrons. The maximum atomic E-state index is 11.3. The predicted octanol–water partition coefficient (Wildman–Crippen LogP) is 1.50. The lowest BCUT2D eigenvalue weighted by Crippen LogP contribution is -2.39. The molecule has 1 unspecified atom stereocenters. The van der Waals surface area contributed by atoms with E-state index in [0.29, 0.717) is 5.56 Å². The largest absolute Gasteiger partial charge is 0.504 e. The Bertz CT molecular complexity index is 563. The third kappa shape index (κ3) is 5.77. The van der Waals surface area contributed by atoms with E-state index in [1.54, 1.807) is 0 Å². The number of hydrogen-bond acceptors (Lipinski definition) is 6. The van der Waals surface area contributed by atoms with Crippen LogP contribution >= 0.6 is 0 Å². The average Bonchev–Trinajstić information content (AvgIpc) is 2.25. The Morgan fingerprint density at radius 3 is 2.30 bits per heavy atom. The van der Waals surface area contributed by atoms with Crippen molar-refractivity contribution >= 4 is 10.1 Å². The van der Waals surface area contributed by atoms with Gasteiger partial charge < -0.3 is 15.5 Å². The summed E-state index contributed by atoms with van der Waals surface area (Å²) in [6.07, 6.45) is 0.188. The molecule has 1 atom stereocenters. The Balaban J connectivity index is 3.00. The monoisotopic (exact) mass is 303 g/mol. The van der Waals surface area contributed by atoms with E-state index in [2.05, 4.69) is 5.32 Å². The second-order valence-corrected chi connectivity index (χ2v) is 7.27. The molecule has 0 amide bonds. The number of hydrogen-bond donors (Lipinski definition) is 3. The van der Waals surface area contributed by atoms with Gasteiger partial charge in [0.25, 0.3) is 10.1 Å². The van der Waals surface area contributed by atoms with Crippen LogP contribution in [0.15, 0.2) is 18.2 Å². The summed E-state index contributed by atoms with van der Waals surface area (Å²) in [5.74, 6) is -0.587. The molecule has 6 nitrogen and oxygen atoms in total. The first-order valence-corrected chi connectivity index (χ1v) is 7.95. The first-order chi connectivity index (χ1) is 8.98. The molecule has 0 aliphatic carbocycles. The first kappa shape index (κ1) is 16.7. The summed E-state index contributed by atoms with van der Waals surface area (Å²) in [5.41, 5.74) is 0.250. The van der Waals surface area contributed by atoms with Crippen LogP contribution in [0.3, 0.4) is 0 Å². The maximum absolute atomic E-state index is 11.3. The summed E-state index contributed by atoms with van der Waals surface area (Å²) in [6.45, 7) is 6.08. The molecule has 0 saturated heterocycles. The van der Waals surface area contributed by atoms with Crippen molar-refractivity contribution in [1.82, 2.24) is 5.32 Å².